The predicted molar refractivity (Wildman–Crippen MR) is 61.7 cm³/mol. The molecule has 0 aliphatic carbocycles. The minimum Gasteiger partial charge on any atom is -0.477 e. The number of aromatic carboxylic acids is 1. The van der Waals surface area contributed by atoms with Gasteiger partial charge in [0.2, 0.25) is 0 Å². The van der Waals surface area contributed by atoms with Crippen molar-refractivity contribution in [3.63, 3.8) is 0 Å². The van der Waals surface area contributed by atoms with E-state index in [9.17, 15) is 22.4 Å². The summed E-state index contributed by atoms with van der Waals surface area (Å²) in [6.45, 7) is 0. The Bertz CT molecular complexity index is 631. The third-order valence-corrected chi connectivity index (χ3v) is 3.50. The molecule has 0 atom stereocenters. The Labute approximate surface area is 108 Å². The van der Waals surface area contributed by atoms with E-state index in [0.29, 0.717) is 10.9 Å². The minimum atomic E-state index is -4.78. The van der Waals surface area contributed by atoms with Crippen LogP contribution in [-0.4, -0.2) is 11.1 Å². The molecule has 0 fully saturated rings. The van der Waals surface area contributed by atoms with Crippen LogP contribution in [0.15, 0.2) is 30.3 Å². The van der Waals surface area contributed by atoms with Crippen LogP contribution >= 0.6 is 11.3 Å². The van der Waals surface area contributed by atoms with Crippen molar-refractivity contribution in [3.8, 4) is 10.4 Å². The summed E-state index contributed by atoms with van der Waals surface area (Å²) in [6, 6.07) is 5.26. The zero-order valence-electron chi connectivity index (χ0n) is 9.16. The van der Waals surface area contributed by atoms with Gasteiger partial charge in [-0.1, -0.05) is 6.07 Å². The van der Waals surface area contributed by atoms with E-state index in [0.717, 1.165) is 17.4 Å². The Morgan fingerprint density at radius 3 is 2.37 bits per heavy atom. The second kappa shape index (κ2) is 4.65. The maximum atomic E-state index is 13.1. The van der Waals surface area contributed by atoms with E-state index in [4.69, 9.17) is 5.11 Å². The molecular weight excluding hydrogens is 284 g/mol. The summed E-state index contributed by atoms with van der Waals surface area (Å²) in [4.78, 5) is 11.0. The van der Waals surface area contributed by atoms with Gasteiger partial charge in [-0.25, -0.2) is 9.18 Å². The Balaban J connectivity index is 2.48. The van der Waals surface area contributed by atoms with Crippen LogP contribution in [0.1, 0.15) is 15.2 Å². The molecular formula is C12H6F4O2S. The number of thiophene rings is 1. The molecule has 1 aromatic carbocycles. The highest BCUT2D eigenvalue weighted by Gasteiger charge is 2.34. The molecule has 19 heavy (non-hydrogen) atoms. The molecule has 1 heterocycles. The smallest absolute Gasteiger partial charge is 0.419 e. The van der Waals surface area contributed by atoms with Crippen molar-refractivity contribution < 1.29 is 27.5 Å². The van der Waals surface area contributed by atoms with Crippen molar-refractivity contribution in [1.82, 2.24) is 0 Å². The Kier molecular flexibility index (Phi) is 3.32. The average molecular weight is 290 g/mol. The number of carbonyl (C=O) groups is 1. The first-order valence-electron chi connectivity index (χ1n) is 4.99. The maximum Gasteiger partial charge on any atom is 0.419 e. The van der Waals surface area contributed by atoms with Crippen LogP contribution in [0.3, 0.4) is 0 Å². The number of halogens is 4. The number of benzene rings is 1. The van der Waals surface area contributed by atoms with Crippen molar-refractivity contribution in [1.29, 1.82) is 0 Å². The van der Waals surface area contributed by atoms with E-state index < -0.39 is 23.5 Å². The van der Waals surface area contributed by atoms with Crippen molar-refractivity contribution in [2.45, 2.75) is 6.18 Å². The number of alkyl halides is 3. The minimum absolute atomic E-state index is 0.00730. The van der Waals surface area contributed by atoms with Gasteiger partial charge in [0.05, 0.1) is 5.56 Å². The summed E-state index contributed by atoms with van der Waals surface area (Å²) < 4.78 is 50.7. The largest absolute Gasteiger partial charge is 0.477 e. The maximum absolute atomic E-state index is 13.1. The quantitative estimate of drug-likeness (QED) is 0.839. The van der Waals surface area contributed by atoms with E-state index in [1.54, 1.807) is 0 Å². The number of hydrogen-bond donors (Lipinski definition) is 1. The summed E-state index contributed by atoms with van der Waals surface area (Å²) in [5.41, 5.74) is -1.23. The van der Waals surface area contributed by atoms with Gasteiger partial charge in [-0.2, -0.15) is 13.2 Å². The van der Waals surface area contributed by atoms with Crippen molar-refractivity contribution in [2.24, 2.45) is 0 Å². The lowest BCUT2D eigenvalue weighted by Crippen LogP contribution is -2.07. The van der Waals surface area contributed by atoms with Gasteiger partial charge >= 0.3 is 12.1 Å². The monoisotopic (exact) mass is 290 g/mol. The van der Waals surface area contributed by atoms with Crippen LogP contribution in [0.4, 0.5) is 17.6 Å². The molecule has 0 radical (unpaired) electrons. The number of carboxylic acid groups (broad SMARTS) is 1. The first-order valence-corrected chi connectivity index (χ1v) is 5.81. The van der Waals surface area contributed by atoms with Gasteiger partial charge < -0.3 is 5.11 Å². The molecule has 0 unspecified atom stereocenters. The summed E-state index contributed by atoms with van der Waals surface area (Å²) in [7, 11) is 0. The van der Waals surface area contributed by atoms with Gasteiger partial charge in [-0.3, -0.25) is 0 Å². The fourth-order valence-corrected chi connectivity index (χ4v) is 2.34. The van der Waals surface area contributed by atoms with Crippen LogP contribution in [0.5, 0.6) is 0 Å². The van der Waals surface area contributed by atoms with E-state index in [-0.39, 0.29) is 10.4 Å². The van der Waals surface area contributed by atoms with Crippen LogP contribution in [-0.2, 0) is 6.18 Å². The van der Waals surface area contributed by atoms with Crippen molar-refractivity contribution in [3.05, 3.63) is 46.6 Å². The fraction of sp³-hybridized carbons (Fsp3) is 0.0833. The lowest BCUT2D eigenvalue weighted by molar-refractivity contribution is -0.139. The van der Waals surface area contributed by atoms with Gasteiger partial charge in [0.25, 0.3) is 0 Å². The SMILES string of the molecule is O=C(O)c1ccc(-c2ccc(F)c(C(F)(F)F)c2)s1. The van der Waals surface area contributed by atoms with Crippen LogP contribution < -0.4 is 0 Å². The zero-order valence-corrected chi connectivity index (χ0v) is 9.98. The molecule has 2 nitrogen and oxygen atoms in total. The van der Waals surface area contributed by atoms with Gasteiger partial charge in [0.15, 0.2) is 0 Å². The molecule has 0 saturated heterocycles. The van der Waals surface area contributed by atoms with Crippen LogP contribution in [0.2, 0.25) is 0 Å². The molecule has 0 saturated carbocycles. The summed E-state index contributed by atoms with van der Waals surface area (Å²) >= 11 is 0.830. The summed E-state index contributed by atoms with van der Waals surface area (Å²) in [5, 5.41) is 8.74. The van der Waals surface area contributed by atoms with E-state index in [1.807, 2.05) is 0 Å². The molecule has 100 valence electrons. The average Bonchev–Trinajstić information content (AvgIpc) is 2.77. The first-order chi connectivity index (χ1) is 8.79. The van der Waals surface area contributed by atoms with E-state index >= 15 is 0 Å². The lowest BCUT2D eigenvalue weighted by Gasteiger charge is -2.09. The van der Waals surface area contributed by atoms with Crippen molar-refractivity contribution in [2.75, 3.05) is 0 Å². The highest BCUT2D eigenvalue weighted by molar-refractivity contribution is 7.17. The Morgan fingerprint density at radius 1 is 1.16 bits per heavy atom. The molecule has 0 spiro atoms. The van der Waals surface area contributed by atoms with Crippen LogP contribution in [0.25, 0.3) is 10.4 Å². The Morgan fingerprint density at radius 2 is 1.84 bits per heavy atom. The van der Waals surface area contributed by atoms with E-state index in [2.05, 4.69) is 0 Å². The Hall–Kier alpha value is -1.89. The first kappa shape index (κ1) is 13.5. The molecule has 1 aromatic heterocycles. The third kappa shape index (κ3) is 2.76. The molecule has 0 aliphatic heterocycles. The molecule has 0 amide bonds. The summed E-state index contributed by atoms with van der Waals surface area (Å²) in [6.07, 6.45) is -4.78. The molecule has 0 aliphatic rings. The van der Waals surface area contributed by atoms with Gasteiger partial charge in [0, 0.05) is 4.88 Å². The standard InChI is InChI=1S/C12H6F4O2S/c13-8-2-1-6(5-7(8)12(14,15)16)9-3-4-10(19-9)11(17)18/h1-5H,(H,17,18). The predicted octanol–water partition coefficient (Wildman–Crippen LogP) is 4.27. The molecule has 2 aromatic rings. The molecule has 1 N–H and O–H groups in total. The number of rotatable bonds is 2. The third-order valence-electron chi connectivity index (χ3n) is 2.37. The van der Waals surface area contributed by atoms with Crippen LogP contribution in [0, 0.1) is 5.82 Å². The fourth-order valence-electron chi connectivity index (χ4n) is 1.50. The molecule has 0 bridgehead atoms. The van der Waals surface area contributed by atoms with Gasteiger partial charge in [0.1, 0.15) is 10.7 Å². The van der Waals surface area contributed by atoms with Gasteiger partial charge in [-0.15, -0.1) is 11.3 Å². The highest BCUT2D eigenvalue weighted by atomic mass is 32.1. The zero-order chi connectivity index (χ0) is 14.2. The summed E-state index contributed by atoms with van der Waals surface area (Å²) in [5.74, 6) is -2.51. The molecule has 7 heteroatoms. The normalized spacial score (nSPS) is 11.6. The molecule has 2 rings (SSSR count). The lowest BCUT2D eigenvalue weighted by atomic mass is 10.1. The van der Waals surface area contributed by atoms with Gasteiger partial charge in [-0.05, 0) is 29.8 Å². The number of carboxylic acids is 1. The van der Waals surface area contributed by atoms with E-state index in [1.165, 1.54) is 18.2 Å². The second-order valence-electron chi connectivity index (χ2n) is 3.66. The topological polar surface area (TPSA) is 37.3 Å². The second-order valence-corrected chi connectivity index (χ2v) is 4.75. The number of hydrogen-bond acceptors (Lipinski definition) is 2. The van der Waals surface area contributed by atoms with Crippen molar-refractivity contribution >= 4 is 17.3 Å². The highest BCUT2D eigenvalue weighted by Crippen LogP contribution is 2.36.